The fourth-order valence-corrected chi connectivity index (χ4v) is 4.67. The van der Waals surface area contributed by atoms with Crippen molar-refractivity contribution in [1.82, 2.24) is 4.90 Å². The molecule has 23 heavy (non-hydrogen) atoms. The molecule has 2 heterocycles. The molecule has 0 unspecified atom stereocenters. The van der Waals surface area contributed by atoms with Gasteiger partial charge in [0.05, 0.1) is 20.6 Å². The van der Waals surface area contributed by atoms with Crippen LogP contribution in [0.1, 0.15) is 15.8 Å². The molecular formula is C17H19NO3S2. The fraction of sp³-hybridized carbons (Fsp3) is 0.353. The number of benzene rings is 1. The molecule has 1 aromatic carbocycles. The molecule has 0 saturated carbocycles. The molecule has 1 aromatic heterocycles. The first-order chi connectivity index (χ1) is 11.2. The van der Waals surface area contributed by atoms with Crippen molar-refractivity contribution < 1.29 is 14.3 Å². The number of hydrogen-bond acceptors (Lipinski definition) is 5. The van der Waals surface area contributed by atoms with Gasteiger partial charge in [-0.25, -0.2) is 0 Å². The van der Waals surface area contributed by atoms with Crippen molar-refractivity contribution in [3.8, 4) is 11.5 Å². The quantitative estimate of drug-likeness (QED) is 0.827. The summed E-state index contributed by atoms with van der Waals surface area (Å²) in [6.45, 7) is 0.773. The van der Waals surface area contributed by atoms with Gasteiger partial charge in [0.15, 0.2) is 0 Å². The molecule has 3 rings (SSSR count). The standard InChI is InChI=1S/C17H19NO3S2/c1-20-12-5-6-14(15(10-12)21-2)17-18(7-9-23-17)16(19)11-13-4-3-8-22-13/h3-6,8,10,17H,7,9,11H2,1-2H3/t17-/m0/s1. The number of methoxy groups -OCH3 is 2. The van der Waals surface area contributed by atoms with E-state index in [1.165, 1.54) is 0 Å². The minimum absolute atomic E-state index is 0.00307. The van der Waals surface area contributed by atoms with Crippen LogP contribution in [0.5, 0.6) is 11.5 Å². The molecule has 1 aliphatic heterocycles. The van der Waals surface area contributed by atoms with Crippen LogP contribution in [0.25, 0.3) is 0 Å². The zero-order valence-corrected chi connectivity index (χ0v) is 14.8. The Bertz CT molecular complexity index is 672. The van der Waals surface area contributed by atoms with Gasteiger partial charge in [0.25, 0.3) is 0 Å². The Morgan fingerprint density at radius 2 is 2.17 bits per heavy atom. The Morgan fingerprint density at radius 3 is 2.87 bits per heavy atom. The number of thiophene rings is 1. The maximum Gasteiger partial charge on any atom is 0.229 e. The van der Waals surface area contributed by atoms with Crippen molar-refractivity contribution in [1.29, 1.82) is 0 Å². The summed E-state index contributed by atoms with van der Waals surface area (Å²) in [6, 6.07) is 9.77. The molecule has 1 amide bonds. The second kappa shape index (κ2) is 7.27. The van der Waals surface area contributed by atoms with E-state index in [2.05, 4.69) is 0 Å². The molecule has 122 valence electrons. The van der Waals surface area contributed by atoms with Crippen LogP contribution in [0.15, 0.2) is 35.7 Å². The van der Waals surface area contributed by atoms with E-state index in [4.69, 9.17) is 9.47 Å². The summed E-state index contributed by atoms with van der Waals surface area (Å²) in [7, 11) is 3.28. The molecule has 4 nitrogen and oxygen atoms in total. The van der Waals surface area contributed by atoms with Gasteiger partial charge in [-0.3, -0.25) is 4.79 Å². The Balaban J connectivity index is 1.82. The first kappa shape index (κ1) is 16.2. The molecule has 2 aromatic rings. The Hall–Kier alpha value is -1.66. The zero-order valence-electron chi connectivity index (χ0n) is 13.2. The number of ether oxygens (including phenoxy) is 2. The van der Waals surface area contributed by atoms with Crippen LogP contribution in [-0.2, 0) is 11.2 Å². The van der Waals surface area contributed by atoms with Crippen LogP contribution in [0, 0.1) is 0 Å². The third kappa shape index (κ3) is 3.48. The van der Waals surface area contributed by atoms with Gasteiger partial charge in [0.1, 0.15) is 16.9 Å². The first-order valence-electron chi connectivity index (χ1n) is 7.38. The van der Waals surface area contributed by atoms with E-state index in [-0.39, 0.29) is 11.3 Å². The lowest BCUT2D eigenvalue weighted by molar-refractivity contribution is -0.130. The van der Waals surface area contributed by atoms with E-state index in [1.54, 1.807) is 37.3 Å². The Morgan fingerprint density at radius 1 is 1.30 bits per heavy atom. The predicted molar refractivity (Wildman–Crippen MR) is 94.5 cm³/mol. The van der Waals surface area contributed by atoms with E-state index >= 15 is 0 Å². The summed E-state index contributed by atoms with van der Waals surface area (Å²) in [4.78, 5) is 15.7. The number of carbonyl (C=O) groups excluding carboxylic acids is 1. The lowest BCUT2D eigenvalue weighted by Crippen LogP contribution is -2.31. The maximum absolute atomic E-state index is 12.7. The van der Waals surface area contributed by atoms with Gasteiger partial charge in [-0.1, -0.05) is 6.07 Å². The van der Waals surface area contributed by atoms with Gasteiger partial charge in [0, 0.05) is 28.8 Å². The molecule has 0 aliphatic carbocycles. The molecule has 1 fully saturated rings. The fourth-order valence-electron chi connectivity index (χ4n) is 2.67. The summed E-state index contributed by atoms with van der Waals surface area (Å²) in [5, 5.41) is 2.01. The molecule has 6 heteroatoms. The van der Waals surface area contributed by atoms with E-state index in [0.29, 0.717) is 6.42 Å². The van der Waals surface area contributed by atoms with Crippen molar-refractivity contribution in [2.75, 3.05) is 26.5 Å². The van der Waals surface area contributed by atoms with E-state index in [9.17, 15) is 4.79 Å². The van der Waals surface area contributed by atoms with Gasteiger partial charge >= 0.3 is 0 Å². The van der Waals surface area contributed by atoms with Gasteiger partial charge in [-0.2, -0.15) is 0 Å². The SMILES string of the molecule is COc1ccc([C@@H]2SCCN2C(=O)Cc2cccs2)c(OC)c1. The lowest BCUT2D eigenvalue weighted by Gasteiger charge is -2.25. The summed E-state index contributed by atoms with van der Waals surface area (Å²) < 4.78 is 10.8. The van der Waals surface area contributed by atoms with Crippen LogP contribution in [0.2, 0.25) is 0 Å². The van der Waals surface area contributed by atoms with Gasteiger partial charge in [0.2, 0.25) is 5.91 Å². The van der Waals surface area contributed by atoms with Crippen LogP contribution < -0.4 is 9.47 Å². The highest BCUT2D eigenvalue weighted by molar-refractivity contribution is 7.99. The third-order valence-corrected chi connectivity index (χ3v) is 5.94. The molecular weight excluding hydrogens is 330 g/mol. The molecule has 1 atom stereocenters. The maximum atomic E-state index is 12.7. The van der Waals surface area contributed by atoms with Crippen molar-refractivity contribution in [2.24, 2.45) is 0 Å². The Kier molecular flexibility index (Phi) is 5.13. The highest BCUT2D eigenvalue weighted by atomic mass is 32.2. The highest BCUT2D eigenvalue weighted by Crippen LogP contribution is 2.43. The largest absolute Gasteiger partial charge is 0.497 e. The molecule has 0 radical (unpaired) electrons. The second-order valence-corrected chi connectivity index (χ2v) is 7.39. The summed E-state index contributed by atoms with van der Waals surface area (Å²) in [5.41, 5.74) is 1.02. The number of rotatable bonds is 5. The van der Waals surface area contributed by atoms with Gasteiger partial charge in [-0.05, 0) is 23.6 Å². The van der Waals surface area contributed by atoms with Gasteiger partial charge in [-0.15, -0.1) is 23.1 Å². The summed E-state index contributed by atoms with van der Waals surface area (Å²) in [6.07, 6.45) is 0.465. The minimum atomic E-state index is 0.00307. The van der Waals surface area contributed by atoms with Crippen LogP contribution in [-0.4, -0.2) is 37.3 Å². The number of nitrogens with zero attached hydrogens (tertiary/aromatic N) is 1. The molecule has 1 aliphatic rings. The van der Waals surface area contributed by atoms with E-state index in [0.717, 1.165) is 34.2 Å². The van der Waals surface area contributed by atoms with E-state index < -0.39 is 0 Å². The van der Waals surface area contributed by atoms with Crippen LogP contribution >= 0.6 is 23.1 Å². The Labute approximate surface area is 144 Å². The number of amides is 1. The topological polar surface area (TPSA) is 38.8 Å². The summed E-state index contributed by atoms with van der Waals surface area (Å²) in [5.74, 6) is 2.62. The minimum Gasteiger partial charge on any atom is -0.497 e. The average Bonchev–Trinajstić information content (AvgIpc) is 3.25. The van der Waals surface area contributed by atoms with Crippen molar-refractivity contribution >= 4 is 29.0 Å². The average molecular weight is 349 g/mol. The third-order valence-electron chi connectivity index (χ3n) is 3.82. The number of thioether (sulfide) groups is 1. The predicted octanol–water partition coefficient (Wildman–Crippen LogP) is 3.58. The number of carbonyl (C=O) groups is 1. The van der Waals surface area contributed by atoms with Crippen molar-refractivity contribution in [2.45, 2.75) is 11.8 Å². The molecule has 1 saturated heterocycles. The zero-order chi connectivity index (χ0) is 16.2. The lowest BCUT2D eigenvalue weighted by atomic mass is 10.1. The highest BCUT2D eigenvalue weighted by Gasteiger charge is 2.32. The second-order valence-electron chi connectivity index (χ2n) is 5.17. The summed E-state index contributed by atoms with van der Waals surface area (Å²) >= 11 is 3.40. The molecule has 0 N–H and O–H groups in total. The van der Waals surface area contributed by atoms with Crippen LogP contribution in [0.4, 0.5) is 0 Å². The van der Waals surface area contributed by atoms with E-state index in [1.807, 2.05) is 40.6 Å². The smallest absolute Gasteiger partial charge is 0.229 e. The van der Waals surface area contributed by atoms with Crippen molar-refractivity contribution in [3.05, 3.63) is 46.2 Å². The van der Waals surface area contributed by atoms with Gasteiger partial charge < -0.3 is 14.4 Å². The van der Waals surface area contributed by atoms with Crippen molar-refractivity contribution in [3.63, 3.8) is 0 Å². The monoisotopic (exact) mass is 349 g/mol. The van der Waals surface area contributed by atoms with Crippen LogP contribution in [0.3, 0.4) is 0 Å². The first-order valence-corrected chi connectivity index (χ1v) is 9.31. The molecule has 0 spiro atoms. The molecule has 0 bridgehead atoms. The normalized spacial score (nSPS) is 17.3. The number of hydrogen-bond donors (Lipinski definition) is 0.